The summed E-state index contributed by atoms with van der Waals surface area (Å²) < 4.78 is 0. The molecule has 0 fully saturated rings. The molecular formula is C19H21N3O2S. The first kappa shape index (κ1) is 18.6. The van der Waals surface area contributed by atoms with E-state index in [4.69, 9.17) is 12.2 Å². The van der Waals surface area contributed by atoms with Gasteiger partial charge in [0.05, 0.1) is 11.3 Å². The van der Waals surface area contributed by atoms with Crippen LogP contribution < -0.4 is 16.0 Å². The normalized spacial score (nSPS) is 10.0. The van der Waals surface area contributed by atoms with Crippen molar-refractivity contribution in [3.63, 3.8) is 0 Å². The number of para-hydroxylation sites is 1. The van der Waals surface area contributed by atoms with Gasteiger partial charge in [-0.1, -0.05) is 36.8 Å². The van der Waals surface area contributed by atoms with Crippen molar-refractivity contribution in [2.45, 2.75) is 20.3 Å². The molecule has 0 saturated carbocycles. The van der Waals surface area contributed by atoms with Crippen molar-refractivity contribution < 1.29 is 9.59 Å². The van der Waals surface area contributed by atoms with Crippen LogP contribution in [0.25, 0.3) is 0 Å². The first-order chi connectivity index (χ1) is 12.0. The van der Waals surface area contributed by atoms with Crippen LogP contribution in [0.3, 0.4) is 0 Å². The lowest BCUT2D eigenvalue weighted by Gasteiger charge is -2.13. The van der Waals surface area contributed by atoms with Crippen molar-refractivity contribution in [3.8, 4) is 0 Å². The molecule has 3 N–H and O–H groups in total. The Kier molecular flexibility index (Phi) is 6.65. The monoisotopic (exact) mass is 355 g/mol. The van der Waals surface area contributed by atoms with E-state index in [1.165, 1.54) is 0 Å². The summed E-state index contributed by atoms with van der Waals surface area (Å²) in [5.41, 5.74) is 2.61. The number of hydrogen-bond acceptors (Lipinski definition) is 3. The van der Waals surface area contributed by atoms with Crippen LogP contribution in [0.2, 0.25) is 0 Å². The number of nitrogens with one attached hydrogen (secondary N) is 3. The lowest BCUT2D eigenvalue weighted by Crippen LogP contribution is -2.35. The van der Waals surface area contributed by atoms with Gasteiger partial charge in [-0.15, -0.1) is 0 Å². The topological polar surface area (TPSA) is 70.2 Å². The molecule has 6 heteroatoms. The number of thiocarbonyl (C=S) groups is 1. The van der Waals surface area contributed by atoms with Gasteiger partial charge in [0.25, 0.3) is 11.8 Å². The second kappa shape index (κ2) is 8.94. The van der Waals surface area contributed by atoms with Gasteiger partial charge in [-0.3, -0.25) is 14.9 Å². The van der Waals surface area contributed by atoms with Gasteiger partial charge in [-0.2, -0.15) is 0 Å². The molecule has 130 valence electrons. The van der Waals surface area contributed by atoms with E-state index in [0.29, 0.717) is 23.4 Å². The van der Waals surface area contributed by atoms with Gasteiger partial charge < -0.3 is 10.6 Å². The highest BCUT2D eigenvalue weighted by molar-refractivity contribution is 7.80. The Morgan fingerprint density at radius 2 is 1.68 bits per heavy atom. The van der Waals surface area contributed by atoms with Crippen LogP contribution in [0.1, 0.15) is 39.6 Å². The lowest BCUT2D eigenvalue weighted by atomic mass is 10.1. The molecule has 0 atom stereocenters. The molecule has 2 aromatic carbocycles. The van der Waals surface area contributed by atoms with Crippen LogP contribution in [0, 0.1) is 6.92 Å². The minimum atomic E-state index is -0.301. The Morgan fingerprint density at radius 3 is 2.36 bits per heavy atom. The largest absolute Gasteiger partial charge is 0.352 e. The van der Waals surface area contributed by atoms with E-state index in [2.05, 4.69) is 16.0 Å². The maximum absolute atomic E-state index is 12.2. The van der Waals surface area contributed by atoms with E-state index in [-0.39, 0.29) is 16.9 Å². The third-order valence-corrected chi connectivity index (χ3v) is 3.70. The third kappa shape index (κ3) is 5.39. The van der Waals surface area contributed by atoms with E-state index in [1.54, 1.807) is 36.4 Å². The summed E-state index contributed by atoms with van der Waals surface area (Å²) in [7, 11) is 0. The van der Waals surface area contributed by atoms with Gasteiger partial charge in [-0.25, -0.2) is 0 Å². The average Bonchev–Trinajstić information content (AvgIpc) is 2.60. The molecule has 0 aliphatic heterocycles. The molecule has 0 radical (unpaired) electrons. The molecule has 0 unspecified atom stereocenters. The van der Waals surface area contributed by atoms with Gasteiger partial charge in [-0.05, 0) is 49.8 Å². The van der Waals surface area contributed by atoms with Gasteiger partial charge >= 0.3 is 0 Å². The second-order valence-corrected chi connectivity index (χ2v) is 5.98. The number of aryl methyl sites for hydroxylation is 1. The van der Waals surface area contributed by atoms with E-state index >= 15 is 0 Å². The van der Waals surface area contributed by atoms with Crippen molar-refractivity contribution in [2.75, 3.05) is 11.9 Å². The highest BCUT2D eigenvalue weighted by Crippen LogP contribution is 2.15. The smallest absolute Gasteiger partial charge is 0.257 e. The van der Waals surface area contributed by atoms with Gasteiger partial charge in [0.1, 0.15) is 0 Å². The first-order valence-corrected chi connectivity index (χ1v) is 8.48. The molecule has 0 bridgehead atoms. The van der Waals surface area contributed by atoms with E-state index in [9.17, 15) is 9.59 Å². The maximum Gasteiger partial charge on any atom is 0.257 e. The fourth-order valence-electron chi connectivity index (χ4n) is 2.16. The number of hydrogen-bond donors (Lipinski definition) is 3. The molecule has 2 aromatic rings. The van der Waals surface area contributed by atoms with Crippen molar-refractivity contribution in [2.24, 2.45) is 0 Å². The van der Waals surface area contributed by atoms with Crippen molar-refractivity contribution in [1.29, 1.82) is 0 Å². The number of amides is 2. The summed E-state index contributed by atoms with van der Waals surface area (Å²) in [5, 5.41) is 8.51. The molecule has 2 rings (SSSR count). The van der Waals surface area contributed by atoms with Crippen LogP contribution in [-0.4, -0.2) is 23.5 Å². The summed E-state index contributed by atoms with van der Waals surface area (Å²) in [5.74, 6) is -0.483. The van der Waals surface area contributed by atoms with E-state index < -0.39 is 0 Å². The summed E-state index contributed by atoms with van der Waals surface area (Å²) in [6.45, 7) is 4.54. The Balaban J connectivity index is 2.04. The number of rotatable bonds is 5. The fourth-order valence-corrected chi connectivity index (χ4v) is 2.36. The third-order valence-electron chi connectivity index (χ3n) is 3.50. The second-order valence-electron chi connectivity index (χ2n) is 5.58. The number of anilines is 1. The summed E-state index contributed by atoms with van der Waals surface area (Å²) in [4.78, 5) is 24.4. The first-order valence-electron chi connectivity index (χ1n) is 8.07. The predicted octanol–water partition coefficient (Wildman–Crippen LogP) is 3.26. The van der Waals surface area contributed by atoms with Crippen molar-refractivity contribution in [3.05, 3.63) is 65.2 Å². The standard InChI is InChI=1S/C19H21N3O2S/c1-3-12-20-18(24)15-6-4-5-7-16(15)21-19(25)22-17(23)14-10-8-13(2)9-11-14/h4-11H,3,12H2,1-2H3,(H,20,24)(H2,21,22,23,25). The van der Waals surface area contributed by atoms with Crippen molar-refractivity contribution >= 4 is 34.8 Å². The Morgan fingerprint density at radius 1 is 1.00 bits per heavy atom. The van der Waals surface area contributed by atoms with Crippen molar-refractivity contribution in [1.82, 2.24) is 10.6 Å². The van der Waals surface area contributed by atoms with E-state index in [0.717, 1.165) is 12.0 Å². The van der Waals surface area contributed by atoms with Gasteiger partial charge in [0, 0.05) is 12.1 Å². The summed E-state index contributed by atoms with van der Waals surface area (Å²) in [6, 6.07) is 14.2. The molecule has 0 aliphatic carbocycles. The fraction of sp³-hybridized carbons (Fsp3) is 0.211. The van der Waals surface area contributed by atoms with Crippen LogP contribution in [0.4, 0.5) is 5.69 Å². The summed E-state index contributed by atoms with van der Waals surface area (Å²) in [6.07, 6.45) is 0.854. The zero-order valence-electron chi connectivity index (χ0n) is 14.3. The highest BCUT2D eigenvalue weighted by Gasteiger charge is 2.13. The zero-order chi connectivity index (χ0) is 18.2. The van der Waals surface area contributed by atoms with Crippen LogP contribution in [-0.2, 0) is 0 Å². The van der Waals surface area contributed by atoms with Gasteiger partial charge in [0.15, 0.2) is 5.11 Å². The minimum absolute atomic E-state index is 0.140. The predicted molar refractivity (Wildman–Crippen MR) is 104 cm³/mol. The molecule has 0 aromatic heterocycles. The Labute approximate surface area is 152 Å². The van der Waals surface area contributed by atoms with E-state index in [1.807, 2.05) is 26.0 Å². The molecular weight excluding hydrogens is 334 g/mol. The molecule has 0 saturated heterocycles. The Bertz CT molecular complexity index is 772. The highest BCUT2D eigenvalue weighted by atomic mass is 32.1. The minimum Gasteiger partial charge on any atom is -0.352 e. The molecule has 0 heterocycles. The number of benzene rings is 2. The maximum atomic E-state index is 12.2. The summed E-state index contributed by atoms with van der Waals surface area (Å²) >= 11 is 5.20. The number of carbonyl (C=O) groups excluding carboxylic acids is 2. The van der Waals surface area contributed by atoms with Crippen LogP contribution in [0.5, 0.6) is 0 Å². The lowest BCUT2D eigenvalue weighted by molar-refractivity contribution is 0.0952. The molecule has 0 aliphatic rings. The van der Waals surface area contributed by atoms with Gasteiger partial charge in [0.2, 0.25) is 0 Å². The molecule has 0 spiro atoms. The molecule has 2 amide bonds. The zero-order valence-corrected chi connectivity index (χ0v) is 15.1. The SMILES string of the molecule is CCCNC(=O)c1ccccc1NC(=S)NC(=O)c1ccc(C)cc1. The molecule has 5 nitrogen and oxygen atoms in total. The average molecular weight is 355 g/mol. The number of carbonyl (C=O) groups is 2. The van der Waals surface area contributed by atoms with Crippen LogP contribution >= 0.6 is 12.2 Å². The van der Waals surface area contributed by atoms with Crippen LogP contribution in [0.15, 0.2) is 48.5 Å². The molecule has 25 heavy (non-hydrogen) atoms. The Hall–Kier alpha value is -2.73. The quantitative estimate of drug-likeness (QED) is 0.720.